The van der Waals surface area contributed by atoms with Crippen LogP contribution in [0.4, 0.5) is 17.6 Å². The number of halogens is 4. The monoisotopic (exact) mass is 401 g/mol. The summed E-state index contributed by atoms with van der Waals surface area (Å²) in [4.78, 5) is 2.77. The van der Waals surface area contributed by atoms with Gasteiger partial charge in [-0.2, -0.15) is 0 Å². The zero-order chi connectivity index (χ0) is 19.9. The van der Waals surface area contributed by atoms with E-state index in [0.29, 0.717) is 17.8 Å². The summed E-state index contributed by atoms with van der Waals surface area (Å²) >= 11 is 0. The van der Waals surface area contributed by atoms with Gasteiger partial charge in [0, 0.05) is 5.69 Å². The minimum atomic E-state index is -4.69. The van der Waals surface area contributed by atoms with Gasteiger partial charge in [-0.3, -0.25) is 4.98 Å². The summed E-state index contributed by atoms with van der Waals surface area (Å²) in [7, 11) is -4.69. The van der Waals surface area contributed by atoms with Crippen molar-refractivity contribution < 1.29 is 30.5 Å². The fourth-order valence-corrected chi connectivity index (χ4v) is 3.22. The highest BCUT2D eigenvalue weighted by molar-refractivity contribution is 7.89. The Morgan fingerprint density at radius 1 is 1.15 bits per heavy atom. The van der Waals surface area contributed by atoms with Crippen LogP contribution in [-0.2, 0) is 10.0 Å². The Balaban J connectivity index is 2.30. The third kappa shape index (κ3) is 3.55. The predicted molar refractivity (Wildman–Crippen MR) is 86.2 cm³/mol. The van der Waals surface area contributed by atoms with Crippen LogP contribution < -0.4 is 5.14 Å². The van der Waals surface area contributed by atoms with Crippen molar-refractivity contribution in [1.82, 2.24) is 10.1 Å². The second-order valence-corrected chi connectivity index (χ2v) is 7.05. The Bertz CT molecular complexity index is 1110. The molecule has 3 rings (SSSR count). The maximum atomic E-state index is 14.2. The zero-order valence-electron chi connectivity index (χ0n) is 13.6. The van der Waals surface area contributed by atoms with E-state index in [1.165, 1.54) is 6.07 Å². The van der Waals surface area contributed by atoms with E-state index in [-0.39, 0.29) is 11.4 Å². The van der Waals surface area contributed by atoms with Gasteiger partial charge < -0.3 is 4.52 Å². The third-order valence-electron chi connectivity index (χ3n) is 3.62. The van der Waals surface area contributed by atoms with Crippen LogP contribution in [0, 0.1) is 18.6 Å². The molecule has 2 N–H and O–H groups in total. The largest absolute Gasteiger partial charge is 0.354 e. The van der Waals surface area contributed by atoms with Crippen molar-refractivity contribution in [2.45, 2.75) is 18.2 Å². The van der Waals surface area contributed by atoms with Crippen LogP contribution >= 0.6 is 0 Å². The van der Waals surface area contributed by atoms with E-state index in [2.05, 4.69) is 14.7 Å². The molecule has 0 fully saturated rings. The molecule has 0 atom stereocenters. The Hall–Kier alpha value is -2.79. The summed E-state index contributed by atoms with van der Waals surface area (Å²) in [5, 5.41) is 8.32. The number of primary sulfonamides is 1. The zero-order valence-corrected chi connectivity index (χ0v) is 14.4. The second kappa shape index (κ2) is 6.74. The van der Waals surface area contributed by atoms with Gasteiger partial charge in [0.25, 0.3) is 6.43 Å². The number of nitrogens with zero attached hydrogens (tertiary/aromatic N) is 2. The lowest BCUT2D eigenvalue weighted by molar-refractivity contribution is 0.113. The molecular weight excluding hydrogens is 390 g/mol. The summed E-state index contributed by atoms with van der Waals surface area (Å²) in [5.41, 5.74) is -0.288. The number of alkyl halides is 2. The number of aromatic nitrogens is 2. The topological polar surface area (TPSA) is 99.1 Å². The number of nitrogens with two attached hydrogens (primary N) is 1. The molecular formula is C16H11F4N3O3S. The van der Waals surface area contributed by atoms with Gasteiger partial charge in [-0.15, -0.1) is 0 Å². The smallest absolute Gasteiger partial charge is 0.298 e. The first-order valence-corrected chi connectivity index (χ1v) is 8.88. The summed E-state index contributed by atoms with van der Waals surface area (Å²) in [6, 6.07) is 5.83. The predicted octanol–water partition coefficient (Wildman–Crippen LogP) is 3.58. The van der Waals surface area contributed by atoms with Crippen molar-refractivity contribution in [3.05, 3.63) is 53.4 Å². The fraction of sp³-hybridized carbons (Fsp3) is 0.125. The molecule has 6 nitrogen and oxygen atoms in total. The van der Waals surface area contributed by atoms with Crippen LogP contribution in [-0.4, -0.2) is 18.6 Å². The standard InChI is InChI=1S/C16H11F4N3O3S/c1-7-3-2-4-11(22-7)13-12(14(16(19)20)26-23-13)8-5-9(17)15(10(18)6-8)27(21,24)25/h2-6,16H,1H3,(H2,21,24,25). The molecule has 0 unspecified atom stereocenters. The third-order valence-corrected chi connectivity index (χ3v) is 4.58. The van der Waals surface area contributed by atoms with E-state index in [0.717, 1.165) is 0 Å². The van der Waals surface area contributed by atoms with Gasteiger partial charge in [0.1, 0.15) is 17.3 Å². The van der Waals surface area contributed by atoms with Gasteiger partial charge >= 0.3 is 0 Å². The van der Waals surface area contributed by atoms with E-state index in [9.17, 15) is 26.0 Å². The van der Waals surface area contributed by atoms with Crippen molar-refractivity contribution in [2.24, 2.45) is 5.14 Å². The average Bonchev–Trinajstić information content (AvgIpc) is 2.98. The lowest BCUT2D eigenvalue weighted by atomic mass is 10.0. The SMILES string of the molecule is Cc1cccc(-c2noc(C(F)F)c2-c2cc(F)c(S(N)(=O)=O)c(F)c2)n1. The van der Waals surface area contributed by atoms with Gasteiger partial charge in [0.2, 0.25) is 15.8 Å². The molecule has 2 aromatic heterocycles. The van der Waals surface area contributed by atoms with Gasteiger partial charge in [-0.25, -0.2) is 31.1 Å². The molecule has 2 heterocycles. The summed E-state index contributed by atoms with van der Waals surface area (Å²) < 4.78 is 82.3. The Labute approximate surface area is 150 Å². The number of sulfonamides is 1. The number of rotatable bonds is 4. The number of benzene rings is 1. The van der Waals surface area contributed by atoms with Crippen LogP contribution in [0.5, 0.6) is 0 Å². The van der Waals surface area contributed by atoms with Gasteiger partial charge in [0.05, 0.1) is 11.3 Å². The summed E-state index contributed by atoms with van der Waals surface area (Å²) in [6.07, 6.45) is -3.14. The number of pyridine rings is 1. The van der Waals surface area contributed by atoms with Crippen molar-refractivity contribution >= 4 is 10.0 Å². The molecule has 0 saturated carbocycles. The first-order chi connectivity index (χ1) is 12.6. The molecule has 3 aromatic rings. The molecule has 142 valence electrons. The van der Waals surface area contributed by atoms with Gasteiger partial charge in [0.15, 0.2) is 4.90 Å². The van der Waals surface area contributed by atoms with Crippen molar-refractivity contribution in [2.75, 3.05) is 0 Å². The molecule has 0 aliphatic heterocycles. The first-order valence-electron chi connectivity index (χ1n) is 7.33. The molecule has 0 aliphatic rings. The molecule has 1 aromatic carbocycles. The summed E-state index contributed by atoms with van der Waals surface area (Å²) in [6.45, 7) is 1.65. The highest BCUT2D eigenvalue weighted by Gasteiger charge is 2.29. The fourth-order valence-electron chi connectivity index (χ4n) is 2.56. The highest BCUT2D eigenvalue weighted by atomic mass is 32.2. The van der Waals surface area contributed by atoms with E-state index in [1.54, 1.807) is 19.1 Å². The number of hydrogen-bond acceptors (Lipinski definition) is 5. The molecule has 0 saturated heterocycles. The molecule has 0 spiro atoms. The molecule has 11 heteroatoms. The Kier molecular flexibility index (Phi) is 4.74. The average molecular weight is 401 g/mol. The minimum absolute atomic E-state index is 0.136. The number of aryl methyl sites for hydroxylation is 1. The molecule has 0 radical (unpaired) electrons. The van der Waals surface area contributed by atoms with Crippen molar-refractivity contribution in [3.63, 3.8) is 0 Å². The van der Waals surface area contributed by atoms with Crippen molar-refractivity contribution in [1.29, 1.82) is 0 Å². The Morgan fingerprint density at radius 3 is 2.30 bits per heavy atom. The molecule has 0 aliphatic carbocycles. The highest BCUT2D eigenvalue weighted by Crippen LogP contribution is 2.39. The molecule has 0 bridgehead atoms. The van der Waals surface area contributed by atoms with E-state index in [4.69, 9.17) is 5.14 Å². The lowest BCUT2D eigenvalue weighted by Crippen LogP contribution is -2.16. The normalized spacial score (nSPS) is 12.0. The molecule has 27 heavy (non-hydrogen) atoms. The summed E-state index contributed by atoms with van der Waals surface area (Å²) in [5.74, 6) is -4.00. The van der Waals surface area contributed by atoms with E-state index in [1.807, 2.05) is 0 Å². The lowest BCUT2D eigenvalue weighted by Gasteiger charge is -2.08. The van der Waals surface area contributed by atoms with Crippen LogP contribution in [0.15, 0.2) is 39.8 Å². The number of hydrogen-bond donors (Lipinski definition) is 1. The second-order valence-electron chi connectivity index (χ2n) is 5.55. The van der Waals surface area contributed by atoms with Gasteiger partial charge in [-0.05, 0) is 36.8 Å². The van der Waals surface area contributed by atoms with Gasteiger partial charge in [-0.1, -0.05) is 11.2 Å². The maximum Gasteiger partial charge on any atom is 0.298 e. The molecule has 0 amide bonds. The van der Waals surface area contributed by atoms with Crippen LogP contribution in [0.25, 0.3) is 22.5 Å². The van der Waals surface area contributed by atoms with E-state index < -0.39 is 49.9 Å². The van der Waals surface area contributed by atoms with Crippen LogP contribution in [0.3, 0.4) is 0 Å². The maximum absolute atomic E-state index is 14.2. The first kappa shape index (κ1) is 19.0. The van der Waals surface area contributed by atoms with Crippen LogP contribution in [0.2, 0.25) is 0 Å². The quantitative estimate of drug-likeness (QED) is 0.674. The minimum Gasteiger partial charge on any atom is -0.354 e. The van der Waals surface area contributed by atoms with E-state index >= 15 is 0 Å². The van der Waals surface area contributed by atoms with Crippen LogP contribution in [0.1, 0.15) is 17.9 Å². The Morgan fingerprint density at radius 2 is 1.78 bits per heavy atom. The van der Waals surface area contributed by atoms with Crippen molar-refractivity contribution in [3.8, 4) is 22.5 Å².